The molecule has 0 radical (unpaired) electrons. The molecule has 0 spiro atoms. The van der Waals surface area contributed by atoms with Gasteiger partial charge in [0.1, 0.15) is 17.7 Å². The molecule has 0 aromatic heterocycles. The normalized spacial score (nSPS) is 10.8. The van der Waals surface area contributed by atoms with E-state index in [1.807, 2.05) is 6.92 Å². The van der Waals surface area contributed by atoms with Crippen LogP contribution < -0.4 is 0 Å². The van der Waals surface area contributed by atoms with Crippen LogP contribution in [0.25, 0.3) is 0 Å². The first-order chi connectivity index (χ1) is 7.63. The number of hydrogen-bond donors (Lipinski definition) is 1. The summed E-state index contributed by atoms with van der Waals surface area (Å²) in [6, 6.07) is 3.05. The molecule has 16 heavy (non-hydrogen) atoms. The Bertz CT molecular complexity index is 320. The van der Waals surface area contributed by atoms with Crippen LogP contribution in [-0.4, -0.2) is 17.4 Å². The smallest absolute Gasteiger partial charge is 0.335 e. The first kappa shape index (κ1) is 14.2. The number of nitriles is 2. The summed E-state index contributed by atoms with van der Waals surface area (Å²) in [5.74, 6) is -0.873. The van der Waals surface area contributed by atoms with Gasteiger partial charge in [-0.05, 0) is 6.42 Å². The van der Waals surface area contributed by atoms with Gasteiger partial charge in [-0.25, -0.2) is 4.79 Å². The minimum atomic E-state index is -1.17. The van der Waals surface area contributed by atoms with Crippen molar-refractivity contribution in [3.63, 3.8) is 0 Å². The molecule has 0 amide bonds. The van der Waals surface area contributed by atoms with Gasteiger partial charge in [0.25, 0.3) is 0 Å². The summed E-state index contributed by atoms with van der Waals surface area (Å²) in [5.41, 5.74) is -0.342. The van der Waals surface area contributed by atoms with Crippen molar-refractivity contribution in [3.8, 4) is 12.1 Å². The van der Waals surface area contributed by atoms with E-state index in [4.69, 9.17) is 10.5 Å². The second-order valence-corrected chi connectivity index (χ2v) is 3.17. The lowest BCUT2D eigenvalue weighted by Crippen LogP contribution is -2.16. The van der Waals surface area contributed by atoms with Gasteiger partial charge in [-0.2, -0.15) is 10.5 Å². The van der Waals surface area contributed by atoms with Gasteiger partial charge in [-0.3, -0.25) is 0 Å². The molecule has 5 heteroatoms. The number of hydrogen-bond acceptors (Lipinski definition) is 5. The maximum Gasteiger partial charge on any atom is 0.335 e. The van der Waals surface area contributed by atoms with Gasteiger partial charge in [0.15, 0.2) is 0 Å². The molecule has 0 fully saturated rings. The molecule has 5 nitrogen and oxygen atoms in total. The number of rotatable bonds is 6. The standard InChI is InChI=1S/C11H14N2O3/c1-2-3-4-5-10(14)16-11(15)6-9(7-12)8-13/h6,10,14H,2-5H2,1H3. The Morgan fingerprint density at radius 1 is 1.44 bits per heavy atom. The molecule has 0 aromatic rings. The highest BCUT2D eigenvalue weighted by Crippen LogP contribution is 2.05. The van der Waals surface area contributed by atoms with E-state index >= 15 is 0 Å². The summed E-state index contributed by atoms with van der Waals surface area (Å²) in [6.45, 7) is 2.02. The van der Waals surface area contributed by atoms with Crippen LogP contribution in [0.1, 0.15) is 32.6 Å². The lowest BCUT2D eigenvalue weighted by molar-refractivity contribution is -0.162. The van der Waals surface area contributed by atoms with Crippen LogP contribution in [0, 0.1) is 22.7 Å². The lowest BCUT2D eigenvalue weighted by Gasteiger charge is -2.09. The van der Waals surface area contributed by atoms with E-state index in [9.17, 15) is 9.90 Å². The summed E-state index contributed by atoms with van der Waals surface area (Å²) in [6.07, 6.45) is 2.68. The zero-order chi connectivity index (χ0) is 12.4. The number of esters is 1. The fourth-order valence-corrected chi connectivity index (χ4v) is 1.00. The van der Waals surface area contributed by atoms with Gasteiger partial charge in [0.05, 0.1) is 6.08 Å². The average molecular weight is 222 g/mol. The molecule has 0 bridgehead atoms. The van der Waals surface area contributed by atoms with Crippen LogP contribution >= 0.6 is 0 Å². The SMILES string of the molecule is CCCCCC(O)OC(=O)C=C(C#N)C#N. The number of carbonyl (C=O) groups excluding carboxylic acids is 1. The monoisotopic (exact) mass is 222 g/mol. The van der Waals surface area contributed by atoms with E-state index in [2.05, 4.69) is 4.74 Å². The molecule has 0 rings (SSSR count). The molecule has 1 atom stereocenters. The zero-order valence-corrected chi connectivity index (χ0v) is 9.14. The second kappa shape index (κ2) is 8.46. The molecule has 0 aliphatic carbocycles. The van der Waals surface area contributed by atoms with Crippen LogP contribution in [0.5, 0.6) is 0 Å². The highest BCUT2D eigenvalue weighted by molar-refractivity contribution is 5.84. The molecule has 0 aliphatic heterocycles. The summed E-state index contributed by atoms with van der Waals surface area (Å²) in [5, 5.41) is 26.0. The Kier molecular flexibility index (Phi) is 7.48. The highest BCUT2D eigenvalue weighted by atomic mass is 16.6. The summed E-state index contributed by atoms with van der Waals surface area (Å²) >= 11 is 0. The molecular weight excluding hydrogens is 208 g/mol. The quantitative estimate of drug-likeness (QED) is 0.241. The van der Waals surface area contributed by atoms with Gasteiger partial charge >= 0.3 is 5.97 Å². The maximum absolute atomic E-state index is 11.1. The number of allylic oxidation sites excluding steroid dienone is 1. The molecular formula is C11H14N2O3. The first-order valence-electron chi connectivity index (χ1n) is 5.04. The Morgan fingerprint density at radius 2 is 2.06 bits per heavy atom. The van der Waals surface area contributed by atoms with Gasteiger partial charge in [-0.15, -0.1) is 0 Å². The molecule has 0 aromatic carbocycles. The number of carbonyl (C=O) groups is 1. The van der Waals surface area contributed by atoms with Crippen LogP contribution in [0.2, 0.25) is 0 Å². The largest absolute Gasteiger partial charge is 0.433 e. The third kappa shape index (κ3) is 6.58. The number of unbranched alkanes of at least 4 members (excludes halogenated alkanes) is 2. The van der Waals surface area contributed by atoms with Crippen LogP contribution in [0.15, 0.2) is 11.6 Å². The topological polar surface area (TPSA) is 94.1 Å². The highest BCUT2D eigenvalue weighted by Gasteiger charge is 2.09. The van der Waals surface area contributed by atoms with Crippen molar-refractivity contribution < 1.29 is 14.6 Å². The Morgan fingerprint density at radius 3 is 2.56 bits per heavy atom. The van der Waals surface area contributed by atoms with Crippen LogP contribution in [0.4, 0.5) is 0 Å². The first-order valence-corrected chi connectivity index (χ1v) is 5.04. The van der Waals surface area contributed by atoms with E-state index in [0.717, 1.165) is 25.3 Å². The predicted molar refractivity (Wildman–Crippen MR) is 55.5 cm³/mol. The van der Waals surface area contributed by atoms with E-state index < -0.39 is 12.3 Å². The summed E-state index contributed by atoms with van der Waals surface area (Å²) < 4.78 is 4.57. The van der Waals surface area contributed by atoms with E-state index in [1.165, 1.54) is 12.1 Å². The molecule has 86 valence electrons. The van der Waals surface area contributed by atoms with Crippen LogP contribution in [0.3, 0.4) is 0 Å². The second-order valence-electron chi connectivity index (χ2n) is 3.17. The van der Waals surface area contributed by atoms with Crippen molar-refractivity contribution >= 4 is 5.97 Å². The Balaban J connectivity index is 4.02. The minimum absolute atomic E-state index is 0.342. The molecule has 1 N–H and O–H groups in total. The third-order valence-corrected chi connectivity index (χ3v) is 1.81. The van der Waals surface area contributed by atoms with Crippen molar-refractivity contribution in [2.24, 2.45) is 0 Å². The van der Waals surface area contributed by atoms with Gasteiger partial charge in [-0.1, -0.05) is 19.8 Å². The van der Waals surface area contributed by atoms with Crippen molar-refractivity contribution in [1.82, 2.24) is 0 Å². The maximum atomic E-state index is 11.1. The van der Waals surface area contributed by atoms with Crippen molar-refractivity contribution in [3.05, 3.63) is 11.6 Å². The molecule has 1 unspecified atom stereocenters. The van der Waals surface area contributed by atoms with Gasteiger partial charge < -0.3 is 9.84 Å². The van der Waals surface area contributed by atoms with Crippen molar-refractivity contribution in [2.75, 3.05) is 0 Å². The van der Waals surface area contributed by atoms with Crippen molar-refractivity contribution in [2.45, 2.75) is 38.9 Å². The lowest BCUT2D eigenvalue weighted by atomic mass is 10.2. The predicted octanol–water partition coefficient (Wildman–Crippen LogP) is 1.40. The minimum Gasteiger partial charge on any atom is -0.433 e. The van der Waals surface area contributed by atoms with Crippen LogP contribution in [-0.2, 0) is 9.53 Å². The molecule has 0 aliphatic rings. The van der Waals surface area contributed by atoms with E-state index in [0.29, 0.717) is 6.42 Å². The molecule has 0 saturated carbocycles. The number of nitrogens with zero attached hydrogens (tertiary/aromatic N) is 2. The fourth-order valence-electron chi connectivity index (χ4n) is 1.00. The van der Waals surface area contributed by atoms with Gasteiger partial charge in [0.2, 0.25) is 6.29 Å². The number of aliphatic hydroxyl groups excluding tert-OH is 1. The van der Waals surface area contributed by atoms with Gasteiger partial charge in [0, 0.05) is 6.42 Å². The fraction of sp³-hybridized carbons (Fsp3) is 0.545. The Hall–Kier alpha value is -1.85. The number of aliphatic hydroxyl groups is 1. The zero-order valence-electron chi connectivity index (χ0n) is 9.14. The van der Waals surface area contributed by atoms with E-state index in [1.54, 1.807) is 0 Å². The molecule has 0 heterocycles. The van der Waals surface area contributed by atoms with E-state index in [-0.39, 0.29) is 5.57 Å². The third-order valence-electron chi connectivity index (χ3n) is 1.81. The molecule has 0 saturated heterocycles. The summed E-state index contributed by atoms with van der Waals surface area (Å²) in [4.78, 5) is 11.1. The van der Waals surface area contributed by atoms with Crippen molar-refractivity contribution in [1.29, 1.82) is 10.5 Å². The number of ether oxygens (including phenoxy) is 1. The summed E-state index contributed by atoms with van der Waals surface area (Å²) in [7, 11) is 0. The average Bonchev–Trinajstić information content (AvgIpc) is 2.26. The Labute approximate surface area is 94.6 Å².